The molecule has 1 aliphatic heterocycles. The van der Waals surface area contributed by atoms with Crippen LogP contribution < -0.4 is 10.1 Å². The molecule has 0 bridgehead atoms. The number of nitrogens with zero attached hydrogens (tertiary/aromatic N) is 3. The Bertz CT molecular complexity index is 811. The van der Waals surface area contributed by atoms with Crippen LogP contribution in [0.15, 0.2) is 24.3 Å². The van der Waals surface area contributed by atoms with Gasteiger partial charge in [-0.05, 0) is 43.4 Å². The highest BCUT2D eigenvalue weighted by molar-refractivity contribution is 5.91. The first kappa shape index (κ1) is 18.0. The van der Waals surface area contributed by atoms with Crippen molar-refractivity contribution >= 4 is 5.91 Å². The Morgan fingerprint density at radius 1 is 1.22 bits per heavy atom. The Kier molecular flexibility index (Phi) is 4.86. The van der Waals surface area contributed by atoms with Gasteiger partial charge in [0.2, 0.25) is 5.91 Å². The number of hydrogen-bond donors (Lipinski definition) is 1. The maximum atomic E-state index is 13.0. The predicted molar refractivity (Wildman–Crippen MR) is 99.5 cm³/mol. The molecule has 27 heavy (non-hydrogen) atoms. The van der Waals surface area contributed by atoms with Crippen LogP contribution in [0.3, 0.4) is 0 Å². The van der Waals surface area contributed by atoms with Crippen molar-refractivity contribution in [2.24, 2.45) is 0 Å². The molecule has 0 spiro atoms. The van der Waals surface area contributed by atoms with E-state index in [0.717, 1.165) is 61.6 Å². The van der Waals surface area contributed by atoms with Gasteiger partial charge in [-0.1, -0.05) is 12.1 Å². The number of nitrogens with one attached hydrogen (secondary N) is 1. The zero-order valence-corrected chi connectivity index (χ0v) is 15.9. The Labute approximate surface area is 159 Å². The van der Waals surface area contributed by atoms with Crippen LogP contribution in [0.1, 0.15) is 42.9 Å². The van der Waals surface area contributed by atoms with Gasteiger partial charge < -0.3 is 19.4 Å². The van der Waals surface area contributed by atoms with Crippen molar-refractivity contribution in [2.45, 2.75) is 56.7 Å². The van der Waals surface area contributed by atoms with Gasteiger partial charge in [0.05, 0.1) is 12.5 Å². The lowest BCUT2D eigenvalue weighted by molar-refractivity contribution is -0.124. The van der Waals surface area contributed by atoms with Crippen molar-refractivity contribution < 1.29 is 14.3 Å². The molecule has 144 valence electrons. The van der Waals surface area contributed by atoms with Crippen LogP contribution >= 0.6 is 0 Å². The molecule has 1 saturated carbocycles. The van der Waals surface area contributed by atoms with Crippen molar-refractivity contribution in [3.05, 3.63) is 41.5 Å². The summed E-state index contributed by atoms with van der Waals surface area (Å²) in [5.41, 5.74) is 0.712. The van der Waals surface area contributed by atoms with Gasteiger partial charge in [0.15, 0.2) is 5.82 Å². The molecule has 1 atom stereocenters. The highest BCUT2D eigenvalue weighted by atomic mass is 16.5. The van der Waals surface area contributed by atoms with Crippen LogP contribution in [0.2, 0.25) is 0 Å². The molecule has 2 heterocycles. The van der Waals surface area contributed by atoms with Crippen LogP contribution in [0.5, 0.6) is 5.75 Å². The lowest BCUT2D eigenvalue weighted by Gasteiger charge is -2.22. The smallest absolute Gasteiger partial charge is 0.230 e. The number of hydrogen-bond acceptors (Lipinski definition) is 5. The molecule has 7 nitrogen and oxygen atoms in total. The van der Waals surface area contributed by atoms with Crippen molar-refractivity contribution in [1.29, 1.82) is 0 Å². The van der Waals surface area contributed by atoms with Crippen LogP contribution in [0.25, 0.3) is 0 Å². The van der Waals surface area contributed by atoms with Crippen LogP contribution in [0, 0.1) is 0 Å². The molecule has 1 aromatic carbocycles. The second-order valence-electron chi connectivity index (χ2n) is 7.43. The Hall–Kier alpha value is -2.41. The Morgan fingerprint density at radius 2 is 2.00 bits per heavy atom. The number of rotatable bonds is 6. The number of amides is 1. The average molecular weight is 370 g/mol. The minimum Gasteiger partial charge on any atom is -0.497 e. The van der Waals surface area contributed by atoms with E-state index in [4.69, 9.17) is 9.47 Å². The fourth-order valence-electron chi connectivity index (χ4n) is 3.93. The minimum atomic E-state index is -0.366. The van der Waals surface area contributed by atoms with Gasteiger partial charge >= 0.3 is 0 Å². The molecule has 2 aromatic rings. The third-order valence-corrected chi connectivity index (χ3v) is 5.76. The zero-order chi connectivity index (χ0) is 18.9. The summed E-state index contributed by atoms with van der Waals surface area (Å²) in [7, 11) is 3.31. The minimum absolute atomic E-state index is 0.146. The first-order chi connectivity index (χ1) is 13.2. The summed E-state index contributed by atoms with van der Waals surface area (Å²) in [6, 6.07) is 8.04. The number of fused-ring (bicyclic) bond motifs is 1. The van der Waals surface area contributed by atoms with Gasteiger partial charge in [0.1, 0.15) is 18.2 Å². The van der Waals surface area contributed by atoms with Gasteiger partial charge in [-0.15, -0.1) is 10.2 Å². The zero-order valence-electron chi connectivity index (χ0n) is 15.9. The van der Waals surface area contributed by atoms with Crippen molar-refractivity contribution in [2.75, 3.05) is 14.2 Å². The predicted octanol–water partition coefficient (Wildman–Crippen LogP) is 1.99. The van der Waals surface area contributed by atoms with E-state index in [2.05, 4.69) is 20.1 Å². The number of aryl methyl sites for hydroxylation is 1. The molecule has 1 fully saturated rings. The van der Waals surface area contributed by atoms with Crippen molar-refractivity contribution in [1.82, 2.24) is 20.1 Å². The fourth-order valence-corrected chi connectivity index (χ4v) is 3.93. The standard InChI is InChI=1S/C20H26N4O3/c1-26-13-18-23-22-17-8-5-15(9-12-24(17)18)21-19(25)20(10-11-20)14-3-6-16(27-2)7-4-14/h3-4,6-7,15H,5,8-13H2,1-2H3,(H,21,25). The number of benzene rings is 1. The van der Waals surface area contributed by atoms with Crippen LogP contribution in [0.4, 0.5) is 0 Å². The summed E-state index contributed by atoms with van der Waals surface area (Å²) < 4.78 is 12.6. The molecule has 1 aromatic heterocycles. The molecule has 1 unspecified atom stereocenters. The third-order valence-electron chi connectivity index (χ3n) is 5.76. The number of aromatic nitrogens is 3. The molecule has 1 amide bonds. The van der Waals surface area contributed by atoms with E-state index in [9.17, 15) is 4.79 Å². The van der Waals surface area contributed by atoms with Crippen LogP contribution in [-0.2, 0) is 34.5 Å². The van der Waals surface area contributed by atoms with Gasteiger partial charge in [-0.25, -0.2) is 0 Å². The first-order valence-corrected chi connectivity index (χ1v) is 9.51. The molecule has 1 N–H and O–H groups in total. The molecular formula is C20H26N4O3. The monoisotopic (exact) mass is 370 g/mol. The summed E-state index contributed by atoms with van der Waals surface area (Å²) in [6.07, 6.45) is 4.39. The van der Waals surface area contributed by atoms with E-state index in [1.165, 1.54) is 0 Å². The van der Waals surface area contributed by atoms with E-state index in [0.29, 0.717) is 6.61 Å². The first-order valence-electron chi connectivity index (χ1n) is 9.51. The number of carbonyl (C=O) groups is 1. The van der Waals surface area contributed by atoms with E-state index in [1.807, 2.05) is 24.3 Å². The fraction of sp³-hybridized carbons (Fsp3) is 0.550. The number of methoxy groups -OCH3 is 2. The molecular weight excluding hydrogens is 344 g/mol. The molecule has 0 saturated heterocycles. The quantitative estimate of drug-likeness (QED) is 0.841. The molecule has 7 heteroatoms. The normalized spacial score (nSPS) is 20.4. The topological polar surface area (TPSA) is 78.3 Å². The maximum Gasteiger partial charge on any atom is 0.230 e. The highest BCUT2D eigenvalue weighted by Crippen LogP contribution is 2.48. The maximum absolute atomic E-state index is 13.0. The van der Waals surface area contributed by atoms with E-state index in [1.54, 1.807) is 14.2 Å². The molecule has 2 aliphatic rings. The second kappa shape index (κ2) is 7.31. The van der Waals surface area contributed by atoms with Gasteiger partial charge in [0, 0.05) is 26.1 Å². The largest absolute Gasteiger partial charge is 0.497 e. The summed E-state index contributed by atoms with van der Waals surface area (Å²) in [4.78, 5) is 13.0. The Morgan fingerprint density at radius 3 is 2.67 bits per heavy atom. The Balaban J connectivity index is 1.41. The van der Waals surface area contributed by atoms with Gasteiger partial charge in [-0.2, -0.15) is 0 Å². The lowest BCUT2D eigenvalue weighted by Crippen LogP contribution is -2.41. The van der Waals surface area contributed by atoms with Crippen molar-refractivity contribution in [3.63, 3.8) is 0 Å². The number of ether oxygens (including phenoxy) is 2. The van der Waals surface area contributed by atoms with Crippen LogP contribution in [-0.4, -0.2) is 40.9 Å². The van der Waals surface area contributed by atoms with Crippen molar-refractivity contribution in [3.8, 4) is 5.75 Å². The molecule has 1 aliphatic carbocycles. The lowest BCUT2D eigenvalue weighted by atomic mass is 9.94. The summed E-state index contributed by atoms with van der Waals surface area (Å²) in [5, 5.41) is 11.8. The average Bonchev–Trinajstić information content (AvgIpc) is 3.45. The molecule has 4 rings (SSSR count). The van der Waals surface area contributed by atoms with Gasteiger partial charge in [0.25, 0.3) is 0 Å². The third kappa shape index (κ3) is 3.43. The van der Waals surface area contributed by atoms with E-state index in [-0.39, 0.29) is 17.4 Å². The highest BCUT2D eigenvalue weighted by Gasteiger charge is 2.51. The number of carbonyl (C=O) groups excluding carboxylic acids is 1. The summed E-state index contributed by atoms with van der Waals surface area (Å²) in [5.74, 6) is 2.80. The molecule has 0 radical (unpaired) electrons. The second-order valence-corrected chi connectivity index (χ2v) is 7.43. The summed E-state index contributed by atoms with van der Waals surface area (Å²) >= 11 is 0. The van der Waals surface area contributed by atoms with E-state index >= 15 is 0 Å². The van der Waals surface area contributed by atoms with E-state index < -0.39 is 0 Å². The SMILES string of the molecule is COCc1nnc2n1CCC(NC(=O)C1(c3ccc(OC)cc3)CC1)CC2. The summed E-state index contributed by atoms with van der Waals surface area (Å²) in [6.45, 7) is 1.27. The van der Waals surface area contributed by atoms with Gasteiger partial charge in [-0.3, -0.25) is 4.79 Å².